The van der Waals surface area contributed by atoms with Gasteiger partial charge in [0.1, 0.15) is 0 Å². The zero-order chi connectivity index (χ0) is 15.0. The number of ether oxygens (including phenoxy) is 1. The molecule has 105 valence electrons. The lowest BCUT2D eigenvalue weighted by atomic mass is 10.1. The average Bonchev–Trinajstić information content (AvgIpc) is 2.94. The summed E-state index contributed by atoms with van der Waals surface area (Å²) in [5.74, 6) is -0.279. The Labute approximate surface area is 121 Å². The van der Waals surface area contributed by atoms with Crippen molar-refractivity contribution in [1.82, 2.24) is 14.6 Å². The Kier molecular flexibility index (Phi) is 3.06. The van der Waals surface area contributed by atoms with Crippen molar-refractivity contribution >= 4 is 11.6 Å². The maximum absolute atomic E-state index is 11.7. The summed E-state index contributed by atoms with van der Waals surface area (Å²) in [4.78, 5) is 15.7. The maximum atomic E-state index is 11.7. The number of pyridine rings is 1. The van der Waals surface area contributed by atoms with Gasteiger partial charge in [-0.1, -0.05) is 23.8 Å². The van der Waals surface area contributed by atoms with E-state index < -0.39 is 5.91 Å². The first-order chi connectivity index (χ1) is 10.1. The smallest absolute Gasteiger partial charge is 0.252 e. The molecule has 0 atom stereocenters. The number of rotatable bonds is 3. The standard InChI is InChI=1S/C15H13N4O2/c1-9-4-3-5-10(6-9)12-7-11(14(16)20)13(21-2)15-17-8-18-19(12)15/h3-7H,1-2H3,(H2,16,20). The van der Waals surface area contributed by atoms with Crippen molar-refractivity contribution in [2.75, 3.05) is 7.11 Å². The number of benzene rings is 1. The van der Waals surface area contributed by atoms with Gasteiger partial charge in [-0.2, -0.15) is 0 Å². The van der Waals surface area contributed by atoms with Crippen LogP contribution in [0, 0.1) is 13.3 Å². The summed E-state index contributed by atoms with van der Waals surface area (Å²) in [5.41, 5.74) is 8.82. The molecule has 2 N–H and O–H groups in total. The highest BCUT2D eigenvalue weighted by atomic mass is 16.5. The lowest BCUT2D eigenvalue weighted by molar-refractivity contribution is 0.0997. The van der Waals surface area contributed by atoms with E-state index in [1.807, 2.05) is 31.2 Å². The number of fused-ring (bicyclic) bond motifs is 1. The van der Waals surface area contributed by atoms with Gasteiger partial charge in [-0.15, -0.1) is 5.10 Å². The van der Waals surface area contributed by atoms with E-state index in [0.29, 0.717) is 17.1 Å². The van der Waals surface area contributed by atoms with Crippen LogP contribution in [0.15, 0.2) is 30.3 Å². The third-order valence-corrected chi connectivity index (χ3v) is 3.24. The van der Waals surface area contributed by atoms with Crippen molar-refractivity contribution in [1.29, 1.82) is 0 Å². The van der Waals surface area contributed by atoms with Gasteiger partial charge >= 0.3 is 0 Å². The molecule has 0 spiro atoms. The molecule has 3 aromatic rings. The number of hydrogen-bond donors (Lipinski definition) is 1. The third kappa shape index (κ3) is 2.10. The Balaban J connectivity index is 2.38. The van der Waals surface area contributed by atoms with Crippen LogP contribution in [0.5, 0.6) is 5.75 Å². The number of carbonyl (C=O) groups is 1. The van der Waals surface area contributed by atoms with Crippen LogP contribution in [0.3, 0.4) is 0 Å². The SMILES string of the molecule is COc1c(C(N)=O)cc(-c2cccc(C)c2)n2n[c]nc12. The van der Waals surface area contributed by atoms with Gasteiger partial charge in [0.05, 0.1) is 18.4 Å². The van der Waals surface area contributed by atoms with Crippen LogP contribution in [0.25, 0.3) is 16.9 Å². The second-order valence-corrected chi connectivity index (χ2v) is 4.66. The van der Waals surface area contributed by atoms with Gasteiger partial charge in [-0.05, 0) is 19.1 Å². The largest absolute Gasteiger partial charge is 0.492 e. The molecule has 6 heteroatoms. The molecule has 0 aliphatic heterocycles. The van der Waals surface area contributed by atoms with Crippen LogP contribution in [-0.4, -0.2) is 27.6 Å². The molecular formula is C15H13N4O2. The van der Waals surface area contributed by atoms with E-state index in [0.717, 1.165) is 11.1 Å². The second kappa shape index (κ2) is 4.90. The molecule has 0 unspecified atom stereocenters. The molecule has 1 aromatic carbocycles. The maximum Gasteiger partial charge on any atom is 0.252 e. The van der Waals surface area contributed by atoms with Crippen LogP contribution in [0.2, 0.25) is 0 Å². The van der Waals surface area contributed by atoms with Crippen molar-refractivity contribution in [3.05, 3.63) is 47.8 Å². The van der Waals surface area contributed by atoms with Gasteiger partial charge in [0, 0.05) is 5.56 Å². The lowest BCUT2D eigenvalue weighted by Crippen LogP contribution is -2.14. The molecule has 0 aliphatic carbocycles. The van der Waals surface area contributed by atoms with Crippen LogP contribution in [0.1, 0.15) is 15.9 Å². The zero-order valence-electron chi connectivity index (χ0n) is 11.6. The first-order valence-corrected chi connectivity index (χ1v) is 6.32. The molecule has 21 heavy (non-hydrogen) atoms. The summed E-state index contributed by atoms with van der Waals surface area (Å²) in [6, 6.07) is 9.51. The van der Waals surface area contributed by atoms with Crippen molar-refractivity contribution < 1.29 is 9.53 Å². The minimum absolute atomic E-state index is 0.267. The van der Waals surface area contributed by atoms with Gasteiger partial charge in [0.15, 0.2) is 11.4 Å². The first kappa shape index (κ1) is 13.1. The first-order valence-electron chi connectivity index (χ1n) is 6.32. The van der Waals surface area contributed by atoms with Crippen LogP contribution in [-0.2, 0) is 0 Å². The highest BCUT2D eigenvalue weighted by Crippen LogP contribution is 2.30. The van der Waals surface area contributed by atoms with Crippen molar-refractivity contribution in [2.45, 2.75) is 6.92 Å². The van der Waals surface area contributed by atoms with Crippen molar-refractivity contribution in [3.8, 4) is 17.0 Å². The van der Waals surface area contributed by atoms with Crippen molar-refractivity contribution in [2.24, 2.45) is 5.73 Å². The topological polar surface area (TPSA) is 82.5 Å². The molecule has 0 bridgehead atoms. The number of carbonyl (C=O) groups excluding carboxylic acids is 1. The zero-order valence-corrected chi connectivity index (χ0v) is 11.6. The number of nitrogens with two attached hydrogens (primary N) is 1. The second-order valence-electron chi connectivity index (χ2n) is 4.66. The Hall–Kier alpha value is -2.89. The summed E-state index contributed by atoms with van der Waals surface area (Å²) >= 11 is 0. The Morgan fingerprint density at radius 3 is 2.86 bits per heavy atom. The Morgan fingerprint density at radius 1 is 1.38 bits per heavy atom. The summed E-state index contributed by atoms with van der Waals surface area (Å²) in [5, 5.41) is 4.08. The minimum atomic E-state index is -0.578. The number of hydrogen-bond acceptors (Lipinski definition) is 4. The van der Waals surface area contributed by atoms with E-state index in [4.69, 9.17) is 10.5 Å². The van der Waals surface area contributed by atoms with Gasteiger partial charge in [-0.3, -0.25) is 4.79 Å². The molecule has 1 radical (unpaired) electrons. The van der Waals surface area contributed by atoms with E-state index in [-0.39, 0.29) is 5.56 Å². The normalized spacial score (nSPS) is 10.8. The number of nitrogens with zero attached hydrogens (tertiary/aromatic N) is 3. The van der Waals surface area contributed by atoms with Crippen LogP contribution >= 0.6 is 0 Å². The van der Waals surface area contributed by atoms with E-state index in [2.05, 4.69) is 16.4 Å². The summed E-state index contributed by atoms with van der Waals surface area (Å²) in [7, 11) is 1.46. The fraction of sp³-hybridized carbons (Fsp3) is 0.133. The van der Waals surface area contributed by atoms with Gasteiger partial charge in [0.2, 0.25) is 6.33 Å². The van der Waals surface area contributed by atoms with E-state index >= 15 is 0 Å². The van der Waals surface area contributed by atoms with Crippen LogP contribution < -0.4 is 10.5 Å². The fourth-order valence-corrected chi connectivity index (χ4v) is 2.30. The molecule has 1 amide bonds. The number of amides is 1. The molecule has 0 fully saturated rings. The number of methoxy groups -OCH3 is 1. The fourth-order valence-electron chi connectivity index (χ4n) is 2.30. The van der Waals surface area contributed by atoms with E-state index in [1.165, 1.54) is 7.11 Å². The Morgan fingerprint density at radius 2 is 2.19 bits per heavy atom. The summed E-state index contributed by atoms with van der Waals surface area (Å²) in [6.07, 6.45) is 2.53. The molecule has 0 aliphatic rings. The summed E-state index contributed by atoms with van der Waals surface area (Å²) < 4.78 is 6.83. The van der Waals surface area contributed by atoms with E-state index in [9.17, 15) is 4.79 Å². The molecule has 6 nitrogen and oxygen atoms in total. The number of aryl methyl sites for hydroxylation is 1. The average molecular weight is 281 g/mol. The van der Waals surface area contributed by atoms with Gasteiger partial charge < -0.3 is 10.5 Å². The Bertz CT molecular complexity index is 839. The quantitative estimate of drug-likeness (QED) is 0.790. The van der Waals surface area contributed by atoms with Crippen molar-refractivity contribution in [3.63, 3.8) is 0 Å². The predicted molar refractivity (Wildman–Crippen MR) is 77.1 cm³/mol. The highest BCUT2D eigenvalue weighted by Gasteiger charge is 2.19. The molecular weight excluding hydrogens is 268 g/mol. The molecule has 0 saturated carbocycles. The molecule has 0 saturated heterocycles. The summed E-state index contributed by atoms with van der Waals surface area (Å²) in [6.45, 7) is 1.99. The molecule has 2 aromatic heterocycles. The van der Waals surface area contributed by atoms with Crippen LogP contribution in [0.4, 0.5) is 0 Å². The third-order valence-electron chi connectivity index (χ3n) is 3.24. The predicted octanol–water partition coefficient (Wildman–Crippen LogP) is 1.61. The number of primary amides is 1. The van der Waals surface area contributed by atoms with Gasteiger partial charge in [0.25, 0.3) is 5.91 Å². The molecule has 3 rings (SSSR count). The van der Waals surface area contributed by atoms with Gasteiger partial charge in [-0.25, -0.2) is 9.50 Å². The lowest BCUT2D eigenvalue weighted by Gasteiger charge is -2.11. The monoisotopic (exact) mass is 281 g/mol. The number of aromatic nitrogens is 3. The molecule has 2 heterocycles. The van der Waals surface area contributed by atoms with E-state index in [1.54, 1.807) is 10.6 Å². The highest BCUT2D eigenvalue weighted by molar-refractivity contribution is 5.99. The minimum Gasteiger partial charge on any atom is -0.492 e.